The standard InChI is InChI=1S/C45H26N4O2/c1-2-13-27(14-3-1)43-46-44(48-45(47-43)33-20-10-18-31-30-17-6-9-24-37(30)51-42(31)33)32-19-11-25-38-40(32)41-36(23-12-26-39(41)50-38)49-34-21-7-4-15-28(34)29-16-5-8-22-35(29)49/h1-26H. The third-order valence-corrected chi connectivity index (χ3v) is 9.87. The molecule has 0 spiro atoms. The van der Waals surface area contributed by atoms with Crippen molar-refractivity contribution in [3.63, 3.8) is 0 Å². The second kappa shape index (κ2) is 10.7. The van der Waals surface area contributed by atoms with E-state index in [1.54, 1.807) is 0 Å². The fraction of sp³-hybridized carbons (Fsp3) is 0. The van der Waals surface area contributed by atoms with Crippen molar-refractivity contribution >= 4 is 65.7 Å². The zero-order valence-electron chi connectivity index (χ0n) is 27.1. The fourth-order valence-corrected chi connectivity index (χ4v) is 7.66. The Balaban J connectivity index is 1.22. The lowest BCUT2D eigenvalue weighted by molar-refractivity contribution is 0.668. The molecule has 11 aromatic rings. The van der Waals surface area contributed by atoms with Crippen LogP contribution in [-0.2, 0) is 0 Å². The van der Waals surface area contributed by atoms with E-state index in [-0.39, 0.29) is 0 Å². The smallest absolute Gasteiger partial charge is 0.167 e. The van der Waals surface area contributed by atoms with Crippen LogP contribution in [-0.4, -0.2) is 19.5 Å². The number of nitrogens with zero attached hydrogens (tertiary/aromatic N) is 4. The molecular weight excluding hydrogens is 629 g/mol. The van der Waals surface area contributed by atoms with Gasteiger partial charge in [-0.2, -0.15) is 0 Å². The first kappa shape index (κ1) is 27.9. The van der Waals surface area contributed by atoms with Crippen molar-refractivity contribution < 1.29 is 8.83 Å². The molecule has 0 N–H and O–H groups in total. The van der Waals surface area contributed by atoms with E-state index in [9.17, 15) is 0 Å². The minimum absolute atomic E-state index is 0.538. The molecule has 0 atom stereocenters. The van der Waals surface area contributed by atoms with Gasteiger partial charge in [0, 0.05) is 38.1 Å². The summed E-state index contributed by atoms with van der Waals surface area (Å²) in [5.41, 5.74) is 8.98. The van der Waals surface area contributed by atoms with Crippen LogP contribution < -0.4 is 0 Å². The second-order valence-electron chi connectivity index (χ2n) is 12.8. The van der Waals surface area contributed by atoms with Crippen molar-refractivity contribution in [1.29, 1.82) is 0 Å². The highest BCUT2D eigenvalue weighted by Crippen LogP contribution is 2.42. The Kier molecular flexibility index (Phi) is 5.86. The molecule has 11 rings (SSSR count). The third-order valence-electron chi connectivity index (χ3n) is 9.87. The number of rotatable bonds is 4. The van der Waals surface area contributed by atoms with Gasteiger partial charge in [-0.25, -0.2) is 15.0 Å². The van der Waals surface area contributed by atoms with Gasteiger partial charge in [0.2, 0.25) is 0 Å². The number of benzene rings is 7. The fourth-order valence-electron chi connectivity index (χ4n) is 7.66. The van der Waals surface area contributed by atoms with Crippen LogP contribution in [0, 0.1) is 0 Å². The molecule has 0 unspecified atom stereocenters. The second-order valence-corrected chi connectivity index (χ2v) is 12.8. The highest BCUT2D eigenvalue weighted by molar-refractivity contribution is 6.18. The van der Waals surface area contributed by atoms with E-state index in [1.807, 2.05) is 78.9 Å². The van der Waals surface area contributed by atoms with Crippen molar-refractivity contribution in [3.05, 3.63) is 158 Å². The minimum atomic E-state index is 0.538. The van der Waals surface area contributed by atoms with Gasteiger partial charge in [-0.15, -0.1) is 0 Å². The molecule has 0 aliphatic heterocycles. The van der Waals surface area contributed by atoms with E-state index in [2.05, 4.69) is 83.4 Å². The third kappa shape index (κ3) is 4.14. The van der Waals surface area contributed by atoms with E-state index in [0.29, 0.717) is 17.5 Å². The van der Waals surface area contributed by atoms with Gasteiger partial charge in [-0.3, -0.25) is 0 Å². The Morgan fingerprint density at radius 2 is 0.922 bits per heavy atom. The molecular formula is C45H26N4O2. The zero-order chi connectivity index (χ0) is 33.5. The summed E-state index contributed by atoms with van der Waals surface area (Å²) in [5, 5.41) is 6.42. The number of furan rings is 2. The van der Waals surface area contributed by atoms with E-state index in [1.165, 1.54) is 10.8 Å². The number of aromatic nitrogens is 4. The van der Waals surface area contributed by atoms with Crippen molar-refractivity contribution in [2.24, 2.45) is 0 Å². The Morgan fingerprint density at radius 1 is 0.373 bits per heavy atom. The highest BCUT2D eigenvalue weighted by atomic mass is 16.3. The van der Waals surface area contributed by atoms with Crippen LogP contribution in [0.2, 0.25) is 0 Å². The van der Waals surface area contributed by atoms with Gasteiger partial charge in [0.05, 0.1) is 27.7 Å². The number of hydrogen-bond acceptors (Lipinski definition) is 5. The average Bonchev–Trinajstić information content (AvgIpc) is 3.88. The lowest BCUT2D eigenvalue weighted by Gasteiger charge is -2.12. The van der Waals surface area contributed by atoms with Gasteiger partial charge in [0.15, 0.2) is 17.5 Å². The molecule has 6 heteroatoms. The van der Waals surface area contributed by atoms with Crippen LogP contribution in [0.4, 0.5) is 0 Å². The summed E-state index contributed by atoms with van der Waals surface area (Å²) in [6.45, 7) is 0. The highest BCUT2D eigenvalue weighted by Gasteiger charge is 2.23. The molecule has 6 nitrogen and oxygen atoms in total. The van der Waals surface area contributed by atoms with E-state index in [4.69, 9.17) is 23.8 Å². The monoisotopic (exact) mass is 654 g/mol. The summed E-state index contributed by atoms with van der Waals surface area (Å²) in [6, 6.07) is 53.8. The van der Waals surface area contributed by atoms with Crippen molar-refractivity contribution in [1.82, 2.24) is 19.5 Å². The van der Waals surface area contributed by atoms with Crippen LogP contribution >= 0.6 is 0 Å². The Bertz CT molecular complexity index is 3100. The van der Waals surface area contributed by atoms with E-state index in [0.717, 1.165) is 77.3 Å². The maximum absolute atomic E-state index is 6.60. The summed E-state index contributed by atoms with van der Waals surface area (Å²) >= 11 is 0. The summed E-state index contributed by atoms with van der Waals surface area (Å²) in [6.07, 6.45) is 0. The topological polar surface area (TPSA) is 69.9 Å². The predicted molar refractivity (Wildman–Crippen MR) is 205 cm³/mol. The molecule has 0 saturated heterocycles. The minimum Gasteiger partial charge on any atom is -0.456 e. The molecule has 238 valence electrons. The van der Waals surface area contributed by atoms with Crippen LogP contribution in [0.5, 0.6) is 0 Å². The Labute approximate surface area is 290 Å². The zero-order valence-corrected chi connectivity index (χ0v) is 27.1. The van der Waals surface area contributed by atoms with Crippen molar-refractivity contribution in [2.75, 3.05) is 0 Å². The van der Waals surface area contributed by atoms with Crippen LogP contribution in [0.1, 0.15) is 0 Å². The Morgan fingerprint density at radius 3 is 1.71 bits per heavy atom. The SMILES string of the molecule is c1ccc(-c2nc(-c3cccc4c3oc3ccccc34)nc(-c3cccc4oc5cccc(-n6c7ccccc7c7ccccc76)c5c34)n2)cc1. The maximum atomic E-state index is 6.60. The molecule has 4 aromatic heterocycles. The number of fused-ring (bicyclic) bond motifs is 9. The summed E-state index contributed by atoms with van der Waals surface area (Å²) in [7, 11) is 0. The lowest BCUT2D eigenvalue weighted by atomic mass is 10.0. The maximum Gasteiger partial charge on any atom is 0.167 e. The van der Waals surface area contributed by atoms with Crippen LogP contribution in [0.25, 0.3) is 106 Å². The van der Waals surface area contributed by atoms with Crippen LogP contribution in [0.15, 0.2) is 167 Å². The number of para-hydroxylation sites is 4. The lowest BCUT2D eigenvalue weighted by Crippen LogP contribution is -2.01. The molecule has 0 aliphatic carbocycles. The largest absolute Gasteiger partial charge is 0.456 e. The average molecular weight is 655 g/mol. The molecule has 0 fully saturated rings. The van der Waals surface area contributed by atoms with E-state index >= 15 is 0 Å². The molecule has 0 bridgehead atoms. The molecule has 51 heavy (non-hydrogen) atoms. The molecule has 4 heterocycles. The van der Waals surface area contributed by atoms with Crippen LogP contribution in [0.3, 0.4) is 0 Å². The van der Waals surface area contributed by atoms with Gasteiger partial charge in [-0.1, -0.05) is 115 Å². The molecule has 7 aromatic carbocycles. The molecule has 0 saturated carbocycles. The van der Waals surface area contributed by atoms with Crippen molar-refractivity contribution in [3.8, 4) is 39.9 Å². The van der Waals surface area contributed by atoms with Crippen molar-refractivity contribution in [2.45, 2.75) is 0 Å². The first-order valence-corrected chi connectivity index (χ1v) is 17.0. The van der Waals surface area contributed by atoms with Gasteiger partial charge in [0.1, 0.15) is 22.3 Å². The molecule has 0 aliphatic rings. The summed E-state index contributed by atoms with van der Waals surface area (Å²) in [4.78, 5) is 15.4. The Hall–Kier alpha value is -7.05. The van der Waals surface area contributed by atoms with Gasteiger partial charge < -0.3 is 13.4 Å². The predicted octanol–water partition coefficient (Wildman–Crippen LogP) is 11.8. The van der Waals surface area contributed by atoms with Gasteiger partial charge in [0.25, 0.3) is 0 Å². The van der Waals surface area contributed by atoms with E-state index < -0.39 is 0 Å². The first-order valence-electron chi connectivity index (χ1n) is 17.0. The van der Waals surface area contributed by atoms with Gasteiger partial charge in [-0.05, 0) is 42.5 Å². The summed E-state index contributed by atoms with van der Waals surface area (Å²) < 4.78 is 15.4. The summed E-state index contributed by atoms with van der Waals surface area (Å²) in [5.74, 6) is 1.67. The quantitative estimate of drug-likeness (QED) is 0.189. The first-order chi connectivity index (χ1) is 25.3. The normalized spacial score (nSPS) is 11.9. The molecule has 0 amide bonds. The van der Waals surface area contributed by atoms with Gasteiger partial charge >= 0.3 is 0 Å². The molecule has 0 radical (unpaired) electrons. The number of hydrogen-bond donors (Lipinski definition) is 0.